The number of carbonyl (C=O) groups is 1. The SMILES string of the molecule is CC1=C(C(=O)Nc2ccccc2)[C@@H](c2ccc(F)cc2)C(C#N)=C(N)O1. The monoisotopic (exact) mass is 349 g/mol. The number of allylic oxidation sites excluding steroid dienone is 2. The molecule has 0 saturated carbocycles. The van der Waals surface area contributed by atoms with Crippen LogP contribution in [0.15, 0.2) is 77.4 Å². The van der Waals surface area contributed by atoms with Crippen LogP contribution in [0.25, 0.3) is 0 Å². The van der Waals surface area contributed by atoms with Crippen LogP contribution in [-0.4, -0.2) is 5.91 Å². The lowest BCUT2D eigenvalue weighted by Gasteiger charge is -2.27. The third kappa shape index (κ3) is 3.28. The maximum absolute atomic E-state index is 13.3. The number of benzene rings is 2. The molecule has 1 aliphatic heterocycles. The average molecular weight is 349 g/mol. The van der Waals surface area contributed by atoms with E-state index in [1.807, 2.05) is 12.1 Å². The number of hydrogen-bond acceptors (Lipinski definition) is 4. The van der Waals surface area contributed by atoms with E-state index in [9.17, 15) is 14.4 Å². The number of para-hydroxylation sites is 1. The van der Waals surface area contributed by atoms with Gasteiger partial charge in [0.1, 0.15) is 23.2 Å². The summed E-state index contributed by atoms with van der Waals surface area (Å²) in [6, 6.07) is 16.5. The first-order valence-electron chi connectivity index (χ1n) is 7.91. The van der Waals surface area contributed by atoms with Crippen LogP contribution in [0, 0.1) is 17.1 Å². The van der Waals surface area contributed by atoms with Crippen molar-refractivity contribution in [1.82, 2.24) is 0 Å². The summed E-state index contributed by atoms with van der Waals surface area (Å²) in [4.78, 5) is 12.9. The molecule has 3 N–H and O–H groups in total. The Balaban J connectivity index is 2.05. The van der Waals surface area contributed by atoms with Gasteiger partial charge in [0.15, 0.2) is 0 Å². The molecule has 6 heteroatoms. The highest BCUT2D eigenvalue weighted by Crippen LogP contribution is 2.39. The molecule has 0 saturated heterocycles. The first-order valence-corrected chi connectivity index (χ1v) is 7.91. The molecule has 26 heavy (non-hydrogen) atoms. The van der Waals surface area contributed by atoms with Gasteiger partial charge in [-0.3, -0.25) is 4.79 Å². The van der Waals surface area contributed by atoms with Gasteiger partial charge in [0.2, 0.25) is 5.88 Å². The van der Waals surface area contributed by atoms with E-state index in [1.165, 1.54) is 24.3 Å². The molecular formula is C20H16FN3O2. The number of nitriles is 1. The van der Waals surface area contributed by atoms with Gasteiger partial charge in [0.05, 0.1) is 11.5 Å². The number of nitrogens with one attached hydrogen (secondary N) is 1. The predicted octanol–water partition coefficient (Wildman–Crippen LogP) is 3.55. The Labute approximate surface area is 150 Å². The van der Waals surface area contributed by atoms with Crippen molar-refractivity contribution in [2.45, 2.75) is 12.8 Å². The molecule has 0 aromatic heterocycles. The summed E-state index contributed by atoms with van der Waals surface area (Å²) in [7, 11) is 0. The lowest BCUT2D eigenvalue weighted by Crippen LogP contribution is -2.27. The molecule has 0 spiro atoms. The van der Waals surface area contributed by atoms with E-state index >= 15 is 0 Å². The van der Waals surface area contributed by atoms with Crippen molar-refractivity contribution in [1.29, 1.82) is 5.26 Å². The van der Waals surface area contributed by atoms with Crippen LogP contribution in [-0.2, 0) is 9.53 Å². The van der Waals surface area contributed by atoms with Crippen molar-refractivity contribution >= 4 is 11.6 Å². The summed E-state index contributed by atoms with van der Waals surface area (Å²) in [6.45, 7) is 1.61. The molecule has 0 fully saturated rings. The number of anilines is 1. The molecule has 2 aromatic carbocycles. The van der Waals surface area contributed by atoms with Crippen LogP contribution in [0.1, 0.15) is 18.4 Å². The molecule has 1 aliphatic rings. The van der Waals surface area contributed by atoms with Crippen LogP contribution in [0.4, 0.5) is 10.1 Å². The van der Waals surface area contributed by atoms with Gasteiger partial charge < -0.3 is 15.8 Å². The number of rotatable bonds is 3. The van der Waals surface area contributed by atoms with Crippen LogP contribution >= 0.6 is 0 Å². The minimum Gasteiger partial charge on any atom is -0.445 e. The summed E-state index contributed by atoms with van der Waals surface area (Å²) in [5, 5.41) is 12.3. The number of amides is 1. The number of carbonyl (C=O) groups excluding carboxylic acids is 1. The Morgan fingerprint density at radius 2 is 1.85 bits per heavy atom. The molecule has 1 amide bonds. The van der Waals surface area contributed by atoms with Crippen molar-refractivity contribution in [2.24, 2.45) is 5.73 Å². The first kappa shape index (κ1) is 17.2. The van der Waals surface area contributed by atoms with Gasteiger partial charge in [-0.05, 0) is 36.8 Å². The number of hydrogen-bond donors (Lipinski definition) is 2. The van der Waals surface area contributed by atoms with E-state index < -0.39 is 17.6 Å². The number of ether oxygens (including phenoxy) is 1. The normalized spacial score (nSPS) is 16.7. The van der Waals surface area contributed by atoms with Crippen LogP contribution in [0.2, 0.25) is 0 Å². The summed E-state index contributed by atoms with van der Waals surface area (Å²) in [5.41, 5.74) is 7.40. The fourth-order valence-corrected chi connectivity index (χ4v) is 2.88. The summed E-state index contributed by atoms with van der Waals surface area (Å²) in [5.74, 6) is -1.33. The van der Waals surface area contributed by atoms with Crippen LogP contribution in [0.5, 0.6) is 0 Å². The number of nitrogens with two attached hydrogens (primary N) is 1. The summed E-state index contributed by atoms with van der Waals surface area (Å²) >= 11 is 0. The highest BCUT2D eigenvalue weighted by atomic mass is 19.1. The van der Waals surface area contributed by atoms with Crippen LogP contribution < -0.4 is 11.1 Å². The molecule has 0 radical (unpaired) electrons. The highest BCUT2D eigenvalue weighted by Gasteiger charge is 2.35. The van der Waals surface area contributed by atoms with E-state index in [2.05, 4.69) is 5.32 Å². The lowest BCUT2D eigenvalue weighted by atomic mass is 9.82. The second-order valence-electron chi connectivity index (χ2n) is 5.77. The van der Waals surface area contributed by atoms with Crippen molar-refractivity contribution in [3.8, 4) is 6.07 Å². The minimum absolute atomic E-state index is 0.0596. The van der Waals surface area contributed by atoms with Crippen molar-refractivity contribution < 1.29 is 13.9 Å². The second kappa shape index (κ2) is 7.11. The predicted molar refractivity (Wildman–Crippen MR) is 94.8 cm³/mol. The molecule has 0 unspecified atom stereocenters. The molecule has 1 heterocycles. The molecule has 2 aromatic rings. The zero-order chi connectivity index (χ0) is 18.7. The van der Waals surface area contributed by atoms with Gasteiger partial charge >= 0.3 is 0 Å². The number of nitrogens with zero attached hydrogens (tertiary/aromatic N) is 1. The molecule has 130 valence electrons. The Morgan fingerprint density at radius 3 is 2.46 bits per heavy atom. The first-order chi connectivity index (χ1) is 12.5. The largest absolute Gasteiger partial charge is 0.445 e. The van der Waals surface area contributed by atoms with E-state index in [-0.39, 0.29) is 17.0 Å². The topological polar surface area (TPSA) is 88.1 Å². The van der Waals surface area contributed by atoms with Gasteiger partial charge in [-0.2, -0.15) is 5.26 Å². The van der Waals surface area contributed by atoms with Gasteiger partial charge in [0.25, 0.3) is 5.91 Å². The zero-order valence-corrected chi connectivity index (χ0v) is 14.0. The standard InChI is InChI=1S/C20H16FN3O2/c1-12-17(20(25)24-15-5-3-2-4-6-15)18(16(11-22)19(23)26-12)13-7-9-14(21)10-8-13/h2-10,18H,23H2,1H3,(H,24,25)/t18-/m0/s1. The quantitative estimate of drug-likeness (QED) is 0.887. The van der Waals surface area contributed by atoms with E-state index in [0.29, 0.717) is 17.0 Å². The molecule has 5 nitrogen and oxygen atoms in total. The molecule has 0 aliphatic carbocycles. The third-order valence-electron chi connectivity index (χ3n) is 4.09. The fraction of sp³-hybridized carbons (Fsp3) is 0.100. The van der Waals surface area contributed by atoms with Crippen molar-refractivity contribution in [3.05, 3.63) is 88.8 Å². The molecular weight excluding hydrogens is 333 g/mol. The maximum atomic E-state index is 13.3. The Morgan fingerprint density at radius 1 is 1.19 bits per heavy atom. The number of halogens is 1. The van der Waals surface area contributed by atoms with Crippen molar-refractivity contribution in [2.75, 3.05) is 5.32 Å². The molecule has 0 bridgehead atoms. The smallest absolute Gasteiger partial charge is 0.255 e. The maximum Gasteiger partial charge on any atom is 0.255 e. The summed E-state index contributed by atoms with van der Waals surface area (Å²) < 4.78 is 18.7. The molecule has 1 atom stereocenters. The Kier molecular flexibility index (Phi) is 4.72. The Bertz CT molecular complexity index is 941. The van der Waals surface area contributed by atoms with Gasteiger partial charge in [-0.1, -0.05) is 30.3 Å². The van der Waals surface area contributed by atoms with E-state index in [0.717, 1.165) is 0 Å². The van der Waals surface area contributed by atoms with Gasteiger partial charge in [-0.15, -0.1) is 0 Å². The Hall–Kier alpha value is -3.59. The zero-order valence-electron chi connectivity index (χ0n) is 14.0. The molecule has 3 rings (SSSR count). The second-order valence-corrected chi connectivity index (χ2v) is 5.77. The summed E-state index contributed by atoms with van der Waals surface area (Å²) in [6.07, 6.45) is 0. The van der Waals surface area contributed by atoms with Crippen molar-refractivity contribution in [3.63, 3.8) is 0 Å². The van der Waals surface area contributed by atoms with E-state index in [4.69, 9.17) is 10.5 Å². The van der Waals surface area contributed by atoms with Crippen LogP contribution in [0.3, 0.4) is 0 Å². The fourth-order valence-electron chi connectivity index (χ4n) is 2.88. The highest BCUT2D eigenvalue weighted by molar-refractivity contribution is 6.06. The van der Waals surface area contributed by atoms with Gasteiger partial charge in [-0.25, -0.2) is 4.39 Å². The third-order valence-corrected chi connectivity index (χ3v) is 4.09. The minimum atomic E-state index is -0.738. The van der Waals surface area contributed by atoms with E-state index in [1.54, 1.807) is 31.2 Å². The van der Waals surface area contributed by atoms with Gasteiger partial charge in [0, 0.05) is 5.69 Å². The average Bonchev–Trinajstić information content (AvgIpc) is 2.62. The lowest BCUT2D eigenvalue weighted by molar-refractivity contribution is -0.113.